The normalized spacial score (nSPS) is 12.8. The molecular weight excluding hydrogens is 314 g/mol. The summed E-state index contributed by atoms with van der Waals surface area (Å²) in [6, 6.07) is 6.34. The van der Waals surface area contributed by atoms with E-state index >= 15 is 0 Å². The monoisotopic (exact) mass is 351 g/mol. The fourth-order valence-corrected chi connectivity index (χ4v) is 3.40. The van der Waals surface area contributed by atoms with Crippen molar-refractivity contribution in [1.82, 2.24) is 0 Å². The second-order valence-corrected chi connectivity index (χ2v) is 13.2. The summed E-state index contributed by atoms with van der Waals surface area (Å²) >= 11 is 0. The fraction of sp³-hybridized carbons (Fsp3) is 0.700. The summed E-state index contributed by atoms with van der Waals surface area (Å²) in [7, 11) is -1.64. The summed E-state index contributed by atoms with van der Waals surface area (Å²) in [6.07, 6.45) is 3.13. The third-order valence-corrected chi connectivity index (χ3v) is 9.51. The number of benzene rings is 1. The Balaban J connectivity index is 2.51. The quantitative estimate of drug-likeness (QED) is 0.378. The van der Waals surface area contributed by atoms with Gasteiger partial charge in [0.15, 0.2) is 8.32 Å². The average Bonchev–Trinajstić information content (AvgIpc) is 2.45. The molecule has 0 saturated heterocycles. The van der Waals surface area contributed by atoms with Gasteiger partial charge >= 0.3 is 0 Å². The second kappa shape index (κ2) is 9.02. The van der Waals surface area contributed by atoms with Gasteiger partial charge in [0.25, 0.3) is 0 Å². The van der Waals surface area contributed by atoms with E-state index in [1.54, 1.807) is 0 Å². The van der Waals surface area contributed by atoms with Crippen LogP contribution in [0.3, 0.4) is 0 Å². The Hall–Kier alpha value is -0.843. The molecule has 4 heteroatoms. The average molecular weight is 352 g/mol. The van der Waals surface area contributed by atoms with Crippen LogP contribution in [-0.4, -0.2) is 27.6 Å². The highest BCUT2D eigenvalue weighted by atomic mass is 28.4. The molecule has 1 rings (SSSR count). The van der Waals surface area contributed by atoms with Crippen molar-refractivity contribution in [3.63, 3.8) is 0 Å². The molecule has 3 nitrogen and oxygen atoms in total. The predicted molar refractivity (Wildman–Crippen MR) is 107 cm³/mol. The standard InChI is InChI=1S/C20H37NO2Si/c1-16(2)22-15-13-18-11-8-10-17(19(18)21)12-9-14-23-24(6,7)20(3,4)5/h8,10-11,16H,9,12-15,21H2,1-7H3. The molecule has 0 fully saturated rings. The van der Waals surface area contributed by atoms with Crippen LogP contribution in [0.25, 0.3) is 0 Å². The van der Waals surface area contributed by atoms with Crippen molar-refractivity contribution in [3.05, 3.63) is 29.3 Å². The third kappa shape index (κ3) is 6.58. The lowest BCUT2D eigenvalue weighted by Crippen LogP contribution is -2.41. The zero-order valence-electron chi connectivity index (χ0n) is 16.7. The summed E-state index contributed by atoms with van der Waals surface area (Å²) in [5.74, 6) is 0. The van der Waals surface area contributed by atoms with Crippen molar-refractivity contribution in [1.29, 1.82) is 0 Å². The Morgan fingerprint density at radius 3 is 2.17 bits per heavy atom. The molecule has 0 amide bonds. The molecular formula is C20H37NO2Si. The molecule has 0 bridgehead atoms. The Morgan fingerprint density at radius 2 is 1.62 bits per heavy atom. The van der Waals surface area contributed by atoms with Gasteiger partial charge in [0, 0.05) is 12.3 Å². The lowest BCUT2D eigenvalue weighted by Gasteiger charge is -2.36. The molecule has 138 valence electrons. The van der Waals surface area contributed by atoms with Gasteiger partial charge in [-0.3, -0.25) is 0 Å². The molecule has 1 aromatic carbocycles. The van der Waals surface area contributed by atoms with Gasteiger partial charge in [-0.1, -0.05) is 39.0 Å². The molecule has 0 heterocycles. The van der Waals surface area contributed by atoms with Crippen LogP contribution in [0, 0.1) is 0 Å². The highest BCUT2D eigenvalue weighted by molar-refractivity contribution is 6.74. The zero-order valence-corrected chi connectivity index (χ0v) is 17.7. The minimum absolute atomic E-state index is 0.266. The van der Waals surface area contributed by atoms with E-state index in [0.717, 1.165) is 38.2 Å². The maximum atomic E-state index is 6.35. The van der Waals surface area contributed by atoms with Crippen LogP contribution in [0.4, 0.5) is 5.69 Å². The summed E-state index contributed by atoms with van der Waals surface area (Å²) in [5, 5.41) is 0.266. The summed E-state index contributed by atoms with van der Waals surface area (Å²) in [6.45, 7) is 17.1. The van der Waals surface area contributed by atoms with Gasteiger partial charge < -0.3 is 14.9 Å². The number of aryl methyl sites for hydroxylation is 1. The van der Waals surface area contributed by atoms with Crippen molar-refractivity contribution in [2.45, 2.75) is 78.1 Å². The van der Waals surface area contributed by atoms with Gasteiger partial charge in [0.05, 0.1) is 12.7 Å². The lowest BCUT2D eigenvalue weighted by atomic mass is 10.0. The molecule has 0 aromatic heterocycles. The molecule has 24 heavy (non-hydrogen) atoms. The van der Waals surface area contributed by atoms with Gasteiger partial charge in [0.1, 0.15) is 0 Å². The topological polar surface area (TPSA) is 44.5 Å². The summed E-state index contributed by atoms with van der Waals surface area (Å²) in [5.41, 5.74) is 9.70. The van der Waals surface area contributed by atoms with Gasteiger partial charge in [-0.25, -0.2) is 0 Å². The number of hydrogen-bond acceptors (Lipinski definition) is 3. The largest absolute Gasteiger partial charge is 0.417 e. The molecule has 0 radical (unpaired) electrons. The first kappa shape index (κ1) is 21.2. The molecule has 2 N–H and O–H groups in total. The van der Waals surface area contributed by atoms with Crippen LogP contribution in [0.15, 0.2) is 18.2 Å². The smallest absolute Gasteiger partial charge is 0.191 e. The molecule has 1 aromatic rings. The minimum Gasteiger partial charge on any atom is -0.417 e. The first-order valence-corrected chi connectivity index (χ1v) is 12.1. The highest BCUT2D eigenvalue weighted by Crippen LogP contribution is 2.36. The minimum atomic E-state index is -1.64. The van der Waals surface area contributed by atoms with Crippen molar-refractivity contribution >= 4 is 14.0 Å². The van der Waals surface area contributed by atoms with Crippen LogP contribution < -0.4 is 5.73 Å². The Morgan fingerprint density at radius 1 is 1.04 bits per heavy atom. The molecule has 0 aliphatic rings. The first-order chi connectivity index (χ1) is 11.0. The first-order valence-electron chi connectivity index (χ1n) is 9.16. The van der Waals surface area contributed by atoms with E-state index in [-0.39, 0.29) is 11.1 Å². The number of nitrogen functional groups attached to an aromatic ring is 1. The van der Waals surface area contributed by atoms with Gasteiger partial charge in [0.2, 0.25) is 0 Å². The second-order valence-electron chi connectivity index (χ2n) is 8.37. The van der Waals surface area contributed by atoms with E-state index in [4.69, 9.17) is 14.9 Å². The van der Waals surface area contributed by atoms with E-state index in [0.29, 0.717) is 0 Å². The zero-order chi connectivity index (χ0) is 18.4. The van der Waals surface area contributed by atoms with E-state index in [9.17, 15) is 0 Å². The number of rotatable bonds is 9. The van der Waals surface area contributed by atoms with Crippen molar-refractivity contribution < 1.29 is 9.16 Å². The van der Waals surface area contributed by atoms with Crippen molar-refractivity contribution in [2.24, 2.45) is 0 Å². The van der Waals surface area contributed by atoms with E-state index in [2.05, 4.69) is 65.9 Å². The molecule has 0 atom stereocenters. The van der Waals surface area contributed by atoms with Crippen LogP contribution >= 0.6 is 0 Å². The SMILES string of the molecule is CC(C)OCCc1cccc(CCCO[Si](C)(C)C(C)(C)C)c1N. The van der Waals surface area contributed by atoms with Crippen LogP contribution in [-0.2, 0) is 22.0 Å². The highest BCUT2D eigenvalue weighted by Gasteiger charge is 2.36. The predicted octanol–water partition coefficient (Wildman–Crippen LogP) is 5.19. The number of para-hydroxylation sites is 1. The number of nitrogens with two attached hydrogens (primary N) is 1. The molecule has 0 spiro atoms. The molecule has 0 unspecified atom stereocenters. The molecule has 0 aliphatic heterocycles. The van der Waals surface area contributed by atoms with Crippen LogP contribution in [0.5, 0.6) is 0 Å². The van der Waals surface area contributed by atoms with E-state index in [1.807, 2.05) is 0 Å². The molecule has 0 aliphatic carbocycles. The van der Waals surface area contributed by atoms with E-state index in [1.165, 1.54) is 11.1 Å². The maximum absolute atomic E-state index is 6.35. The lowest BCUT2D eigenvalue weighted by molar-refractivity contribution is 0.0814. The van der Waals surface area contributed by atoms with Crippen LogP contribution in [0.2, 0.25) is 18.1 Å². The van der Waals surface area contributed by atoms with E-state index < -0.39 is 8.32 Å². The van der Waals surface area contributed by atoms with Crippen molar-refractivity contribution in [3.8, 4) is 0 Å². The van der Waals surface area contributed by atoms with Gasteiger partial charge in [-0.05, 0) is 62.4 Å². The number of anilines is 1. The maximum Gasteiger partial charge on any atom is 0.191 e. The summed E-state index contributed by atoms with van der Waals surface area (Å²) in [4.78, 5) is 0. The fourth-order valence-electron chi connectivity index (χ4n) is 2.31. The van der Waals surface area contributed by atoms with Gasteiger partial charge in [-0.2, -0.15) is 0 Å². The third-order valence-electron chi connectivity index (χ3n) is 4.97. The Kier molecular flexibility index (Phi) is 7.97. The molecule has 0 saturated carbocycles. The summed E-state index contributed by atoms with van der Waals surface area (Å²) < 4.78 is 11.9. The number of ether oxygens (including phenoxy) is 1. The van der Waals surface area contributed by atoms with Crippen molar-refractivity contribution in [2.75, 3.05) is 18.9 Å². The Labute approximate surface area is 150 Å². The number of hydrogen-bond donors (Lipinski definition) is 1. The van der Waals surface area contributed by atoms with Crippen LogP contribution in [0.1, 0.15) is 52.2 Å². The van der Waals surface area contributed by atoms with Gasteiger partial charge in [-0.15, -0.1) is 0 Å². The Bertz CT molecular complexity index is 507.